The molecule has 0 spiro atoms. The Labute approximate surface area is 173 Å². The van der Waals surface area contributed by atoms with E-state index in [0.717, 1.165) is 5.69 Å². The standard InChI is InChI=1S/C28H25N/c1-21-13-17-24(18-14-21)27(11-5-7-22-15-19-25(29-2)20-16-22)28-12-6-9-23-8-3-4-10-26(23)28/h3-20,29H,1-2H3. The van der Waals surface area contributed by atoms with Gasteiger partial charge in [-0.05, 0) is 52.1 Å². The first-order valence-corrected chi connectivity index (χ1v) is 9.96. The Morgan fingerprint density at radius 3 is 2.24 bits per heavy atom. The maximum absolute atomic E-state index is 3.16. The van der Waals surface area contributed by atoms with Crippen LogP contribution in [0.4, 0.5) is 5.69 Å². The van der Waals surface area contributed by atoms with E-state index in [9.17, 15) is 0 Å². The van der Waals surface area contributed by atoms with Gasteiger partial charge >= 0.3 is 0 Å². The van der Waals surface area contributed by atoms with Crippen molar-refractivity contribution in [2.45, 2.75) is 6.92 Å². The van der Waals surface area contributed by atoms with Gasteiger partial charge in [0.2, 0.25) is 0 Å². The fourth-order valence-corrected chi connectivity index (χ4v) is 3.55. The summed E-state index contributed by atoms with van der Waals surface area (Å²) in [6, 6.07) is 32.3. The molecule has 1 nitrogen and oxygen atoms in total. The van der Waals surface area contributed by atoms with E-state index >= 15 is 0 Å². The van der Waals surface area contributed by atoms with Gasteiger partial charge in [-0.2, -0.15) is 0 Å². The zero-order chi connectivity index (χ0) is 20.1. The molecular formula is C28H25N. The predicted molar refractivity (Wildman–Crippen MR) is 127 cm³/mol. The number of aryl methyl sites for hydroxylation is 1. The molecule has 0 amide bonds. The maximum Gasteiger partial charge on any atom is 0.0337 e. The fraction of sp³-hybridized carbons (Fsp3) is 0.0714. The molecule has 0 aliphatic rings. The summed E-state index contributed by atoms with van der Waals surface area (Å²) in [4.78, 5) is 0. The van der Waals surface area contributed by atoms with Crippen molar-refractivity contribution in [1.29, 1.82) is 0 Å². The van der Waals surface area contributed by atoms with Crippen molar-refractivity contribution in [3.8, 4) is 0 Å². The van der Waals surface area contributed by atoms with Crippen molar-refractivity contribution in [3.63, 3.8) is 0 Å². The molecule has 4 aromatic rings. The third kappa shape index (κ3) is 4.30. The van der Waals surface area contributed by atoms with Gasteiger partial charge in [-0.15, -0.1) is 0 Å². The van der Waals surface area contributed by atoms with E-state index < -0.39 is 0 Å². The smallest absolute Gasteiger partial charge is 0.0337 e. The summed E-state index contributed by atoms with van der Waals surface area (Å²) < 4.78 is 0. The van der Waals surface area contributed by atoms with Crippen molar-refractivity contribution in [1.82, 2.24) is 0 Å². The molecule has 1 N–H and O–H groups in total. The molecule has 29 heavy (non-hydrogen) atoms. The number of allylic oxidation sites excluding steroid dienone is 2. The van der Waals surface area contributed by atoms with Crippen LogP contribution in [0.25, 0.3) is 22.4 Å². The average Bonchev–Trinajstić information content (AvgIpc) is 2.78. The molecule has 1 heteroatoms. The third-order valence-electron chi connectivity index (χ3n) is 5.19. The zero-order valence-corrected chi connectivity index (χ0v) is 16.9. The van der Waals surface area contributed by atoms with Gasteiger partial charge in [-0.1, -0.05) is 103 Å². The van der Waals surface area contributed by atoms with Crippen LogP contribution in [0.2, 0.25) is 0 Å². The van der Waals surface area contributed by atoms with Gasteiger partial charge in [0.25, 0.3) is 0 Å². The number of nitrogens with one attached hydrogen (secondary N) is 1. The molecule has 0 heterocycles. The monoisotopic (exact) mass is 375 g/mol. The van der Waals surface area contributed by atoms with Crippen LogP contribution >= 0.6 is 0 Å². The van der Waals surface area contributed by atoms with Gasteiger partial charge in [0.1, 0.15) is 0 Å². The van der Waals surface area contributed by atoms with Crippen molar-refractivity contribution in [3.05, 3.63) is 125 Å². The first-order valence-electron chi connectivity index (χ1n) is 9.96. The maximum atomic E-state index is 3.16. The molecule has 0 unspecified atom stereocenters. The number of hydrogen-bond donors (Lipinski definition) is 1. The predicted octanol–water partition coefficient (Wildman–Crippen LogP) is 7.34. The van der Waals surface area contributed by atoms with E-state index in [1.807, 2.05) is 7.05 Å². The van der Waals surface area contributed by atoms with Crippen LogP contribution < -0.4 is 5.32 Å². The average molecular weight is 376 g/mol. The molecule has 0 radical (unpaired) electrons. The zero-order valence-electron chi connectivity index (χ0n) is 16.9. The topological polar surface area (TPSA) is 12.0 Å². The summed E-state index contributed by atoms with van der Waals surface area (Å²) in [7, 11) is 1.94. The number of hydrogen-bond acceptors (Lipinski definition) is 1. The van der Waals surface area contributed by atoms with Gasteiger partial charge in [0, 0.05) is 12.7 Å². The summed E-state index contributed by atoms with van der Waals surface area (Å²) in [6.07, 6.45) is 6.52. The largest absolute Gasteiger partial charge is 0.388 e. The number of rotatable bonds is 5. The Balaban J connectivity index is 1.78. The molecule has 4 rings (SSSR count). The quantitative estimate of drug-likeness (QED) is 0.360. The molecule has 0 fully saturated rings. The van der Waals surface area contributed by atoms with Crippen LogP contribution in [0.5, 0.6) is 0 Å². The van der Waals surface area contributed by atoms with Crippen molar-refractivity contribution < 1.29 is 0 Å². The minimum Gasteiger partial charge on any atom is -0.388 e. The minimum absolute atomic E-state index is 1.12. The molecular weight excluding hydrogens is 350 g/mol. The molecule has 4 aromatic carbocycles. The summed E-state index contributed by atoms with van der Waals surface area (Å²) in [5, 5.41) is 5.69. The van der Waals surface area contributed by atoms with Gasteiger partial charge < -0.3 is 5.32 Å². The van der Waals surface area contributed by atoms with Gasteiger partial charge in [0.05, 0.1) is 0 Å². The van der Waals surface area contributed by atoms with E-state index in [4.69, 9.17) is 0 Å². The molecule has 142 valence electrons. The molecule has 0 atom stereocenters. The van der Waals surface area contributed by atoms with E-state index in [1.165, 1.54) is 38.6 Å². The third-order valence-corrected chi connectivity index (χ3v) is 5.19. The van der Waals surface area contributed by atoms with Gasteiger partial charge in [-0.3, -0.25) is 0 Å². The highest BCUT2D eigenvalue weighted by molar-refractivity contribution is 5.98. The Bertz CT molecular complexity index is 1160. The van der Waals surface area contributed by atoms with Crippen molar-refractivity contribution >= 4 is 28.1 Å². The van der Waals surface area contributed by atoms with Crippen LogP contribution in [0, 0.1) is 6.92 Å². The molecule has 0 aliphatic carbocycles. The molecule has 0 saturated heterocycles. The molecule has 0 bridgehead atoms. The van der Waals surface area contributed by atoms with E-state index in [1.54, 1.807) is 0 Å². The molecule has 0 saturated carbocycles. The summed E-state index contributed by atoms with van der Waals surface area (Å²) >= 11 is 0. The lowest BCUT2D eigenvalue weighted by molar-refractivity contribution is 1.45. The second-order valence-corrected chi connectivity index (χ2v) is 7.20. The highest BCUT2D eigenvalue weighted by Gasteiger charge is 2.08. The SMILES string of the molecule is CNc1ccc(C=CC=C(c2ccc(C)cc2)c2cccc3ccccc23)cc1. The fourth-order valence-electron chi connectivity index (χ4n) is 3.55. The lowest BCUT2D eigenvalue weighted by atomic mass is 9.92. The summed E-state index contributed by atoms with van der Waals surface area (Å²) in [5.74, 6) is 0. The highest BCUT2D eigenvalue weighted by atomic mass is 14.8. The van der Waals surface area contributed by atoms with E-state index in [-0.39, 0.29) is 0 Å². The van der Waals surface area contributed by atoms with E-state index in [2.05, 4.69) is 121 Å². The highest BCUT2D eigenvalue weighted by Crippen LogP contribution is 2.30. The summed E-state index contributed by atoms with van der Waals surface area (Å²) in [5.41, 5.74) is 7.27. The molecule has 0 aliphatic heterocycles. The van der Waals surface area contributed by atoms with Crippen LogP contribution in [0.1, 0.15) is 22.3 Å². The lowest BCUT2D eigenvalue weighted by Gasteiger charge is -2.12. The van der Waals surface area contributed by atoms with Crippen LogP contribution in [-0.4, -0.2) is 7.05 Å². The van der Waals surface area contributed by atoms with E-state index in [0.29, 0.717) is 0 Å². The van der Waals surface area contributed by atoms with Crippen molar-refractivity contribution in [2.75, 3.05) is 12.4 Å². The lowest BCUT2D eigenvalue weighted by Crippen LogP contribution is -1.90. The Kier molecular flexibility index (Phi) is 5.58. The van der Waals surface area contributed by atoms with Crippen LogP contribution in [-0.2, 0) is 0 Å². The van der Waals surface area contributed by atoms with Gasteiger partial charge in [-0.25, -0.2) is 0 Å². The number of benzene rings is 4. The Morgan fingerprint density at radius 2 is 1.48 bits per heavy atom. The Hall–Kier alpha value is -3.58. The Morgan fingerprint density at radius 1 is 0.759 bits per heavy atom. The van der Waals surface area contributed by atoms with Gasteiger partial charge in [0.15, 0.2) is 0 Å². The van der Waals surface area contributed by atoms with Crippen LogP contribution in [0.3, 0.4) is 0 Å². The van der Waals surface area contributed by atoms with Crippen molar-refractivity contribution in [2.24, 2.45) is 0 Å². The minimum atomic E-state index is 1.12. The number of anilines is 1. The normalized spacial score (nSPS) is 11.9. The molecule has 0 aromatic heterocycles. The first kappa shape index (κ1) is 18.8. The first-order chi connectivity index (χ1) is 14.2. The second-order valence-electron chi connectivity index (χ2n) is 7.20. The van der Waals surface area contributed by atoms with Crippen LogP contribution in [0.15, 0.2) is 103 Å². The second kappa shape index (κ2) is 8.62. The number of fused-ring (bicyclic) bond motifs is 1. The summed E-state index contributed by atoms with van der Waals surface area (Å²) in [6.45, 7) is 2.12.